The van der Waals surface area contributed by atoms with Gasteiger partial charge in [-0.25, -0.2) is 0 Å². The van der Waals surface area contributed by atoms with Crippen LogP contribution in [0.2, 0.25) is 5.02 Å². The Labute approximate surface area is 146 Å². The van der Waals surface area contributed by atoms with Gasteiger partial charge in [0.2, 0.25) is 0 Å². The van der Waals surface area contributed by atoms with Gasteiger partial charge >= 0.3 is 0 Å². The van der Waals surface area contributed by atoms with Crippen molar-refractivity contribution in [3.8, 4) is 11.5 Å². The van der Waals surface area contributed by atoms with Crippen molar-refractivity contribution in [3.63, 3.8) is 0 Å². The molecule has 0 unspecified atom stereocenters. The average Bonchev–Trinajstić information content (AvgIpc) is 2.81. The smallest absolute Gasteiger partial charge is 0.255 e. The molecule has 0 spiro atoms. The van der Waals surface area contributed by atoms with Crippen LogP contribution in [0.3, 0.4) is 0 Å². The summed E-state index contributed by atoms with van der Waals surface area (Å²) in [6.07, 6.45) is 6.70. The molecule has 3 N–H and O–H groups in total. The van der Waals surface area contributed by atoms with Crippen molar-refractivity contribution < 1.29 is 19.1 Å². The zero-order valence-electron chi connectivity index (χ0n) is 13.8. The van der Waals surface area contributed by atoms with Crippen LogP contribution in [0.1, 0.15) is 48.9 Å². The number of amides is 2. The molecule has 0 bridgehead atoms. The van der Waals surface area contributed by atoms with Gasteiger partial charge < -0.3 is 20.5 Å². The second-order valence-corrected chi connectivity index (χ2v) is 6.31. The number of carbonyl (C=O) groups is 2. The number of ether oxygens (including phenoxy) is 2. The first kappa shape index (κ1) is 18.4. The largest absolute Gasteiger partial charge is 0.493 e. The van der Waals surface area contributed by atoms with Crippen molar-refractivity contribution in [1.29, 1.82) is 0 Å². The van der Waals surface area contributed by atoms with Crippen LogP contribution in [0.15, 0.2) is 12.1 Å². The van der Waals surface area contributed by atoms with E-state index in [0.29, 0.717) is 5.56 Å². The van der Waals surface area contributed by atoms with Gasteiger partial charge in [0.15, 0.2) is 18.1 Å². The van der Waals surface area contributed by atoms with Crippen LogP contribution in [0, 0.1) is 0 Å². The molecular weight excluding hydrogens is 332 g/mol. The number of benzene rings is 1. The number of carbonyl (C=O) groups excluding carboxylic acids is 2. The van der Waals surface area contributed by atoms with E-state index in [4.69, 9.17) is 26.8 Å². The van der Waals surface area contributed by atoms with E-state index in [0.717, 1.165) is 25.7 Å². The summed E-state index contributed by atoms with van der Waals surface area (Å²) < 4.78 is 10.5. The Morgan fingerprint density at radius 3 is 2.50 bits per heavy atom. The van der Waals surface area contributed by atoms with Gasteiger partial charge in [0.1, 0.15) is 0 Å². The number of nitrogens with one attached hydrogen (secondary N) is 1. The van der Waals surface area contributed by atoms with Gasteiger partial charge in [0, 0.05) is 11.6 Å². The van der Waals surface area contributed by atoms with Crippen LogP contribution in [0.25, 0.3) is 0 Å². The first-order chi connectivity index (χ1) is 11.5. The quantitative estimate of drug-likeness (QED) is 0.768. The summed E-state index contributed by atoms with van der Waals surface area (Å²) >= 11 is 6.17. The zero-order valence-corrected chi connectivity index (χ0v) is 14.5. The van der Waals surface area contributed by atoms with E-state index in [1.54, 1.807) is 6.07 Å². The topological polar surface area (TPSA) is 90.7 Å². The van der Waals surface area contributed by atoms with E-state index >= 15 is 0 Å². The van der Waals surface area contributed by atoms with Crippen LogP contribution < -0.4 is 20.5 Å². The number of rotatable bonds is 6. The van der Waals surface area contributed by atoms with Crippen molar-refractivity contribution in [2.24, 2.45) is 5.73 Å². The highest BCUT2D eigenvalue weighted by molar-refractivity contribution is 6.32. The number of halogens is 1. The third-order valence-corrected chi connectivity index (χ3v) is 4.32. The first-order valence-corrected chi connectivity index (χ1v) is 8.48. The average molecular weight is 355 g/mol. The molecule has 1 aromatic rings. The van der Waals surface area contributed by atoms with Gasteiger partial charge in [0.05, 0.1) is 12.1 Å². The minimum Gasteiger partial charge on any atom is -0.493 e. The molecule has 0 atom stereocenters. The van der Waals surface area contributed by atoms with Crippen LogP contribution >= 0.6 is 11.6 Å². The highest BCUT2D eigenvalue weighted by Gasteiger charge is 2.19. The molecule has 1 fully saturated rings. The lowest BCUT2D eigenvalue weighted by molar-refractivity contribution is -0.119. The molecule has 7 heteroatoms. The van der Waals surface area contributed by atoms with E-state index in [-0.39, 0.29) is 35.1 Å². The van der Waals surface area contributed by atoms with E-state index in [9.17, 15) is 9.59 Å². The summed E-state index contributed by atoms with van der Waals surface area (Å²) in [5, 5.41) is 3.25. The number of primary amides is 1. The maximum absolute atomic E-state index is 12.5. The molecule has 1 saturated carbocycles. The van der Waals surface area contributed by atoms with E-state index in [1.807, 2.05) is 0 Å². The molecule has 0 heterocycles. The Kier molecular flexibility index (Phi) is 6.73. The van der Waals surface area contributed by atoms with E-state index in [1.165, 1.54) is 26.0 Å². The van der Waals surface area contributed by atoms with Crippen LogP contribution in [-0.2, 0) is 4.79 Å². The second kappa shape index (κ2) is 8.78. The van der Waals surface area contributed by atoms with Gasteiger partial charge in [-0.1, -0.05) is 37.3 Å². The number of hydrogen-bond donors (Lipinski definition) is 2. The monoisotopic (exact) mass is 354 g/mol. The highest BCUT2D eigenvalue weighted by Crippen LogP contribution is 2.36. The molecule has 0 aromatic heterocycles. The Hall–Kier alpha value is -1.95. The van der Waals surface area contributed by atoms with Crippen molar-refractivity contribution >= 4 is 23.4 Å². The van der Waals surface area contributed by atoms with Crippen molar-refractivity contribution in [2.45, 2.75) is 44.6 Å². The molecule has 24 heavy (non-hydrogen) atoms. The van der Waals surface area contributed by atoms with Crippen LogP contribution in [-0.4, -0.2) is 31.6 Å². The number of methoxy groups -OCH3 is 1. The summed E-state index contributed by atoms with van der Waals surface area (Å²) in [6.45, 7) is -0.316. The molecule has 1 aliphatic rings. The maximum atomic E-state index is 12.5. The molecule has 0 aliphatic heterocycles. The van der Waals surface area contributed by atoms with E-state index in [2.05, 4.69) is 5.32 Å². The molecule has 6 nitrogen and oxygen atoms in total. The summed E-state index contributed by atoms with van der Waals surface area (Å²) in [5.74, 6) is -0.328. The molecule has 2 rings (SSSR count). The lowest BCUT2D eigenvalue weighted by atomic mass is 10.1. The Morgan fingerprint density at radius 2 is 1.92 bits per heavy atom. The number of hydrogen-bond acceptors (Lipinski definition) is 4. The lowest BCUT2D eigenvalue weighted by Crippen LogP contribution is -2.34. The third-order valence-electron chi connectivity index (χ3n) is 4.04. The summed E-state index contributed by atoms with van der Waals surface area (Å²) in [4.78, 5) is 23.3. The molecule has 132 valence electrons. The van der Waals surface area contributed by atoms with Crippen molar-refractivity contribution in [3.05, 3.63) is 22.7 Å². The number of nitrogens with two attached hydrogens (primary N) is 1. The van der Waals surface area contributed by atoms with Crippen molar-refractivity contribution in [2.75, 3.05) is 13.7 Å². The van der Waals surface area contributed by atoms with Crippen molar-refractivity contribution in [1.82, 2.24) is 5.32 Å². The SMILES string of the molecule is COc1cc(C(=O)NC2CCCCCC2)cc(Cl)c1OCC(N)=O. The minimum absolute atomic E-state index is 0.190. The predicted octanol–water partition coefficient (Wildman–Crippen LogP) is 2.67. The Bertz CT molecular complexity index is 598. The molecule has 0 saturated heterocycles. The summed E-state index contributed by atoms with van der Waals surface area (Å²) in [6, 6.07) is 3.25. The fourth-order valence-corrected chi connectivity index (χ4v) is 3.09. The van der Waals surface area contributed by atoms with Crippen LogP contribution in [0.5, 0.6) is 11.5 Å². The fourth-order valence-electron chi connectivity index (χ4n) is 2.83. The van der Waals surface area contributed by atoms with Gasteiger partial charge in [-0.2, -0.15) is 0 Å². The second-order valence-electron chi connectivity index (χ2n) is 5.91. The van der Waals surface area contributed by atoms with Gasteiger partial charge in [-0.05, 0) is 25.0 Å². The van der Waals surface area contributed by atoms with E-state index < -0.39 is 5.91 Å². The lowest BCUT2D eigenvalue weighted by Gasteiger charge is -2.17. The molecular formula is C17H23ClN2O4. The minimum atomic E-state index is -0.622. The molecule has 1 aromatic carbocycles. The molecule has 2 amide bonds. The summed E-state index contributed by atoms with van der Waals surface area (Å²) in [5.41, 5.74) is 5.46. The predicted molar refractivity (Wildman–Crippen MR) is 91.6 cm³/mol. The Balaban J connectivity index is 2.13. The molecule has 1 aliphatic carbocycles. The third kappa shape index (κ3) is 5.03. The normalized spacial score (nSPS) is 15.4. The fraction of sp³-hybridized carbons (Fsp3) is 0.529. The Morgan fingerprint density at radius 1 is 1.25 bits per heavy atom. The standard InChI is InChI=1S/C17H23ClN2O4/c1-23-14-9-11(8-13(18)16(14)24-10-15(19)21)17(22)20-12-6-4-2-3-5-7-12/h8-9,12H,2-7,10H2,1H3,(H2,19,21)(H,20,22). The highest BCUT2D eigenvalue weighted by atomic mass is 35.5. The summed E-state index contributed by atoms with van der Waals surface area (Å²) in [7, 11) is 1.44. The van der Waals surface area contributed by atoms with Gasteiger partial charge in [-0.15, -0.1) is 0 Å². The van der Waals surface area contributed by atoms with Gasteiger partial charge in [-0.3, -0.25) is 9.59 Å². The first-order valence-electron chi connectivity index (χ1n) is 8.10. The van der Waals surface area contributed by atoms with Gasteiger partial charge in [0.25, 0.3) is 11.8 Å². The maximum Gasteiger partial charge on any atom is 0.255 e. The zero-order chi connectivity index (χ0) is 17.5. The van der Waals surface area contributed by atoms with Crippen LogP contribution in [0.4, 0.5) is 0 Å². The molecule has 0 radical (unpaired) electrons.